The van der Waals surface area contributed by atoms with Gasteiger partial charge in [0.05, 0.1) is 14.7 Å². The molecule has 0 aromatic heterocycles. The SMILES string of the molecule is CS(=O)(O)=C1C=CC=C/C1=C\C(=O)O. The zero-order valence-electron chi connectivity index (χ0n) is 7.51. The van der Waals surface area contributed by atoms with Crippen molar-refractivity contribution in [2.24, 2.45) is 0 Å². The lowest BCUT2D eigenvalue weighted by Gasteiger charge is -2.08. The number of rotatable bonds is 1. The normalized spacial score (nSPS) is 22.4. The van der Waals surface area contributed by atoms with Gasteiger partial charge >= 0.3 is 5.97 Å². The van der Waals surface area contributed by atoms with E-state index in [1.54, 1.807) is 12.2 Å². The van der Waals surface area contributed by atoms with Crippen molar-refractivity contribution in [3.05, 3.63) is 36.0 Å². The molecule has 0 aliphatic heterocycles. The van der Waals surface area contributed by atoms with E-state index in [0.717, 1.165) is 12.3 Å². The van der Waals surface area contributed by atoms with Crippen LogP contribution in [-0.2, 0) is 14.6 Å². The molecule has 0 fully saturated rings. The third-order valence-corrected chi connectivity index (χ3v) is 2.79. The van der Waals surface area contributed by atoms with Crippen LogP contribution in [0, 0.1) is 0 Å². The van der Waals surface area contributed by atoms with Crippen LogP contribution in [0.4, 0.5) is 0 Å². The maximum Gasteiger partial charge on any atom is 0.328 e. The maximum absolute atomic E-state index is 11.3. The van der Waals surface area contributed by atoms with Crippen LogP contribution >= 0.6 is 0 Å². The molecule has 0 bridgehead atoms. The molecular formula is C9H10O4S. The van der Waals surface area contributed by atoms with Crippen molar-refractivity contribution < 1.29 is 18.7 Å². The minimum absolute atomic E-state index is 0.141. The molecule has 76 valence electrons. The fraction of sp³-hybridized carbons (Fsp3) is 0.111. The fourth-order valence-corrected chi connectivity index (χ4v) is 1.97. The molecule has 0 aromatic rings. The summed E-state index contributed by atoms with van der Waals surface area (Å²) in [5, 5.41) is 8.53. The molecular weight excluding hydrogens is 204 g/mol. The fourth-order valence-electron chi connectivity index (χ4n) is 1.08. The Bertz CT molecular complexity index is 451. The van der Waals surface area contributed by atoms with E-state index >= 15 is 0 Å². The van der Waals surface area contributed by atoms with Crippen LogP contribution < -0.4 is 0 Å². The molecule has 0 saturated carbocycles. The standard InChI is InChI=1S/C9H10O4S/c1-14(12,13)8-5-3-2-4-7(8)6-9(10)11/h2-6H,1H3,(H,10,11)(H,12,13)/b7-6+. The number of carbonyl (C=O) groups is 1. The summed E-state index contributed by atoms with van der Waals surface area (Å²) >= 11 is 0. The lowest BCUT2D eigenvalue weighted by molar-refractivity contribution is -0.131. The molecule has 0 amide bonds. The van der Waals surface area contributed by atoms with E-state index in [1.165, 1.54) is 12.2 Å². The topological polar surface area (TPSA) is 74.6 Å². The lowest BCUT2D eigenvalue weighted by Crippen LogP contribution is -2.14. The number of carboxylic acids is 1. The number of hydrogen-bond acceptors (Lipinski definition) is 2. The van der Waals surface area contributed by atoms with Gasteiger partial charge in [0, 0.05) is 12.3 Å². The Balaban J connectivity index is 3.34. The smallest absolute Gasteiger partial charge is 0.328 e. The maximum atomic E-state index is 11.3. The number of hydrogen-bond donors (Lipinski definition) is 2. The average molecular weight is 214 g/mol. The van der Waals surface area contributed by atoms with E-state index in [9.17, 15) is 13.6 Å². The van der Waals surface area contributed by atoms with E-state index in [-0.39, 0.29) is 10.4 Å². The molecule has 14 heavy (non-hydrogen) atoms. The van der Waals surface area contributed by atoms with Crippen LogP contribution in [0.5, 0.6) is 0 Å². The second-order valence-corrected chi connectivity index (χ2v) is 4.87. The predicted octanol–water partition coefficient (Wildman–Crippen LogP) is 0.683. The Morgan fingerprint density at radius 2 is 2.00 bits per heavy atom. The predicted molar refractivity (Wildman–Crippen MR) is 55.7 cm³/mol. The molecule has 0 heterocycles. The van der Waals surface area contributed by atoms with Gasteiger partial charge < -0.3 is 9.66 Å². The third kappa shape index (κ3) is 2.58. The van der Waals surface area contributed by atoms with E-state index in [1.807, 2.05) is 0 Å². The van der Waals surface area contributed by atoms with Gasteiger partial charge in [-0.05, 0) is 11.6 Å². The van der Waals surface area contributed by atoms with Crippen molar-refractivity contribution in [3.8, 4) is 0 Å². The Kier molecular flexibility index (Phi) is 2.93. The highest BCUT2D eigenvalue weighted by atomic mass is 32.2. The molecule has 4 nitrogen and oxygen atoms in total. The third-order valence-electron chi connectivity index (χ3n) is 1.61. The van der Waals surface area contributed by atoms with Crippen LogP contribution in [0.25, 0.3) is 0 Å². The van der Waals surface area contributed by atoms with Crippen molar-refractivity contribution in [2.45, 2.75) is 0 Å². The van der Waals surface area contributed by atoms with E-state index in [0.29, 0.717) is 0 Å². The van der Waals surface area contributed by atoms with E-state index in [4.69, 9.17) is 5.11 Å². The van der Waals surface area contributed by atoms with Gasteiger partial charge in [0.25, 0.3) is 0 Å². The zero-order chi connectivity index (χ0) is 10.8. The second-order valence-electron chi connectivity index (χ2n) is 2.82. The van der Waals surface area contributed by atoms with Gasteiger partial charge in [-0.2, -0.15) is 0 Å². The molecule has 2 N–H and O–H groups in total. The molecule has 0 aromatic carbocycles. The van der Waals surface area contributed by atoms with Crippen molar-refractivity contribution in [1.82, 2.24) is 0 Å². The Morgan fingerprint density at radius 1 is 1.43 bits per heavy atom. The largest absolute Gasteiger partial charge is 0.478 e. The summed E-state index contributed by atoms with van der Waals surface area (Å²) in [5.74, 6) is -1.14. The highest BCUT2D eigenvalue weighted by Gasteiger charge is 2.11. The summed E-state index contributed by atoms with van der Waals surface area (Å²) in [5.41, 5.74) is 0.259. The summed E-state index contributed by atoms with van der Waals surface area (Å²) in [6.07, 6.45) is 8.20. The molecule has 5 heteroatoms. The summed E-state index contributed by atoms with van der Waals surface area (Å²) in [7, 11) is -3.12. The average Bonchev–Trinajstić information content (AvgIpc) is 2.01. The first kappa shape index (κ1) is 10.7. The van der Waals surface area contributed by atoms with Crippen LogP contribution in [0.3, 0.4) is 0 Å². The number of carboxylic acid groups (broad SMARTS) is 1. The first-order valence-electron chi connectivity index (χ1n) is 3.79. The van der Waals surface area contributed by atoms with E-state index < -0.39 is 15.8 Å². The first-order valence-corrected chi connectivity index (χ1v) is 5.72. The molecule has 1 rings (SSSR count). The minimum atomic E-state index is -3.12. The number of allylic oxidation sites excluding steroid dienone is 5. The lowest BCUT2D eigenvalue weighted by atomic mass is 10.1. The summed E-state index contributed by atoms with van der Waals surface area (Å²) < 4.78 is 20.6. The van der Waals surface area contributed by atoms with Gasteiger partial charge in [-0.3, -0.25) is 0 Å². The van der Waals surface area contributed by atoms with E-state index in [2.05, 4.69) is 0 Å². The Hall–Kier alpha value is -1.33. The molecule has 1 unspecified atom stereocenters. The number of aliphatic carboxylic acids is 1. The quantitative estimate of drug-likeness (QED) is 0.497. The molecule has 0 radical (unpaired) electrons. The van der Waals surface area contributed by atoms with Crippen molar-refractivity contribution in [2.75, 3.05) is 6.26 Å². The van der Waals surface area contributed by atoms with Gasteiger partial charge in [-0.25, -0.2) is 9.00 Å². The van der Waals surface area contributed by atoms with Gasteiger partial charge in [-0.15, -0.1) is 0 Å². The summed E-state index contributed by atoms with van der Waals surface area (Å²) in [6.45, 7) is 0. The van der Waals surface area contributed by atoms with Crippen LogP contribution in [0.2, 0.25) is 0 Å². The Labute approximate surface area is 82.1 Å². The second kappa shape index (κ2) is 3.81. The molecule has 0 saturated heterocycles. The Morgan fingerprint density at radius 3 is 2.50 bits per heavy atom. The monoisotopic (exact) mass is 214 g/mol. The molecule has 0 spiro atoms. The zero-order valence-corrected chi connectivity index (χ0v) is 8.32. The van der Waals surface area contributed by atoms with Crippen molar-refractivity contribution in [1.29, 1.82) is 0 Å². The van der Waals surface area contributed by atoms with Gasteiger partial charge in [0.2, 0.25) is 0 Å². The minimum Gasteiger partial charge on any atom is -0.478 e. The van der Waals surface area contributed by atoms with Crippen LogP contribution in [-0.4, -0.2) is 31.0 Å². The summed E-state index contributed by atoms with van der Waals surface area (Å²) in [4.78, 5) is 10.6. The van der Waals surface area contributed by atoms with Crippen molar-refractivity contribution in [3.63, 3.8) is 0 Å². The molecule has 1 atom stereocenters. The first-order chi connectivity index (χ1) is 6.41. The van der Waals surface area contributed by atoms with Crippen molar-refractivity contribution >= 4 is 20.6 Å². The van der Waals surface area contributed by atoms with Crippen LogP contribution in [0.15, 0.2) is 36.0 Å². The molecule has 1 aliphatic rings. The highest BCUT2D eigenvalue weighted by Crippen LogP contribution is 2.10. The highest BCUT2D eigenvalue weighted by molar-refractivity contribution is 7.97. The van der Waals surface area contributed by atoms with Gasteiger partial charge in [-0.1, -0.05) is 18.2 Å². The molecule has 1 aliphatic carbocycles. The van der Waals surface area contributed by atoms with Gasteiger partial charge in [0.15, 0.2) is 0 Å². The summed E-state index contributed by atoms with van der Waals surface area (Å²) in [6, 6.07) is 0. The van der Waals surface area contributed by atoms with Crippen LogP contribution in [0.1, 0.15) is 0 Å². The van der Waals surface area contributed by atoms with Gasteiger partial charge in [0.1, 0.15) is 0 Å².